The zero-order chi connectivity index (χ0) is 14.5. The summed E-state index contributed by atoms with van der Waals surface area (Å²) in [4.78, 5) is 11.7. The summed E-state index contributed by atoms with van der Waals surface area (Å²) in [7, 11) is 1.59. The van der Waals surface area contributed by atoms with Gasteiger partial charge in [-0.15, -0.1) is 0 Å². The van der Waals surface area contributed by atoms with E-state index in [1.807, 2.05) is 12.1 Å². The maximum Gasteiger partial charge on any atom is 0.252 e. The summed E-state index contributed by atoms with van der Waals surface area (Å²) < 4.78 is 2.17. The van der Waals surface area contributed by atoms with Gasteiger partial charge in [-0.05, 0) is 37.3 Å². The van der Waals surface area contributed by atoms with Crippen LogP contribution in [0, 0.1) is 0 Å². The van der Waals surface area contributed by atoms with Crippen molar-refractivity contribution < 1.29 is 4.79 Å². The Morgan fingerprint density at radius 3 is 2.85 bits per heavy atom. The summed E-state index contributed by atoms with van der Waals surface area (Å²) in [5.74, 6) is -0.185. The number of aromatic nitrogens is 1. The predicted octanol–water partition coefficient (Wildman–Crippen LogP) is 3.13. The molecule has 1 aromatic heterocycles. The third-order valence-electron chi connectivity index (χ3n) is 3.18. The first-order valence-corrected chi connectivity index (χ1v) is 6.93. The van der Waals surface area contributed by atoms with E-state index in [0.717, 1.165) is 12.2 Å². The van der Waals surface area contributed by atoms with Crippen LogP contribution in [0.2, 0.25) is 5.02 Å². The minimum Gasteiger partial charge on any atom is -0.379 e. The van der Waals surface area contributed by atoms with Gasteiger partial charge in [0.05, 0.1) is 17.1 Å². The molecule has 106 valence electrons. The normalized spacial score (nSPS) is 10.3. The summed E-state index contributed by atoms with van der Waals surface area (Å²) in [6.07, 6.45) is 2.05. The summed E-state index contributed by atoms with van der Waals surface area (Å²) in [6, 6.07) is 9.46. The van der Waals surface area contributed by atoms with Gasteiger partial charge in [-0.2, -0.15) is 0 Å². The second kappa shape index (κ2) is 6.48. The van der Waals surface area contributed by atoms with Crippen molar-refractivity contribution in [1.29, 1.82) is 0 Å². The highest BCUT2D eigenvalue weighted by Gasteiger charge is 2.09. The molecule has 4 nitrogen and oxygen atoms in total. The van der Waals surface area contributed by atoms with E-state index in [0.29, 0.717) is 17.1 Å². The fourth-order valence-corrected chi connectivity index (χ4v) is 2.26. The van der Waals surface area contributed by atoms with Crippen molar-refractivity contribution >= 4 is 23.2 Å². The molecule has 1 heterocycles. The molecule has 2 N–H and O–H groups in total. The average Bonchev–Trinajstić information content (AvgIpc) is 2.93. The first-order valence-electron chi connectivity index (χ1n) is 6.55. The van der Waals surface area contributed by atoms with Gasteiger partial charge >= 0.3 is 0 Å². The Balaban J connectivity index is 2.12. The standard InChI is InChI=1S/C15H18ClN3O/c1-3-19-8-4-5-12(19)10-18-11-6-7-14(16)13(9-11)15(20)17-2/h4-9,18H,3,10H2,1-2H3,(H,17,20). The van der Waals surface area contributed by atoms with Gasteiger partial charge in [0.1, 0.15) is 0 Å². The fourth-order valence-electron chi connectivity index (χ4n) is 2.05. The molecule has 0 bridgehead atoms. The number of rotatable bonds is 5. The van der Waals surface area contributed by atoms with Crippen LogP contribution in [0.4, 0.5) is 5.69 Å². The molecule has 20 heavy (non-hydrogen) atoms. The van der Waals surface area contributed by atoms with Crippen molar-refractivity contribution in [3.63, 3.8) is 0 Å². The number of carbonyl (C=O) groups is 1. The number of halogens is 1. The molecule has 0 fully saturated rings. The van der Waals surface area contributed by atoms with Crippen LogP contribution < -0.4 is 10.6 Å². The summed E-state index contributed by atoms with van der Waals surface area (Å²) >= 11 is 6.02. The molecule has 0 saturated heterocycles. The van der Waals surface area contributed by atoms with Crippen LogP contribution in [-0.2, 0) is 13.1 Å². The highest BCUT2D eigenvalue weighted by Crippen LogP contribution is 2.21. The van der Waals surface area contributed by atoms with Crippen molar-refractivity contribution in [3.8, 4) is 0 Å². The van der Waals surface area contributed by atoms with Crippen molar-refractivity contribution in [1.82, 2.24) is 9.88 Å². The van der Waals surface area contributed by atoms with Gasteiger partial charge in [-0.1, -0.05) is 11.6 Å². The number of carbonyl (C=O) groups excluding carboxylic acids is 1. The van der Waals surface area contributed by atoms with E-state index in [4.69, 9.17) is 11.6 Å². The van der Waals surface area contributed by atoms with Crippen LogP contribution in [0.5, 0.6) is 0 Å². The first-order chi connectivity index (χ1) is 9.65. The molecule has 2 aromatic rings. The molecule has 5 heteroatoms. The highest BCUT2D eigenvalue weighted by molar-refractivity contribution is 6.34. The Kier molecular flexibility index (Phi) is 4.69. The molecule has 0 aliphatic rings. The van der Waals surface area contributed by atoms with E-state index in [1.165, 1.54) is 5.69 Å². The minimum absolute atomic E-state index is 0.185. The Hall–Kier alpha value is -1.94. The number of hydrogen-bond donors (Lipinski definition) is 2. The maximum atomic E-state index is 11.7. The lowest BCUT2D eigenvalue weighted by atomic mass is 10.2. The number of benzene rings is 1. The molecule has 0 atom stereocenters. The largest absolute Gasteiger partial charge is 0.379 e. The Morgan fingerprint density at radius 2 is 2.15 bits per heavy atom. The fraction of sp³-hybridized carbons (Fsp3) is 0.267. The number of nitrogens with one attached hydrogen (secondary N) is 2. The molecule has 1 aromatic carbocycles. The second-order valence-electron chi connectivity index (χ2n) is 4.41. The van der Waals surface area contributed by atoms with E-state index >= 15 is 0 Å². The minimum atomic E-state index is -0.185. The smallest absolute Gasteiger partial charge is 0.252 e. The van der Waals surface area contributed by atoms with Gasteiger partial charge in [0.15, 0.2) is 0 Å². The first kappa shape index (κ1) is 14.5. The predicted molar refractivity (Wildman–Crippen MR) is 82.3 cm³/mol. The second-order valence-corrected chi connectivity index (χ2v) is 4.82. The summed E-state index contributed by atoms with van der Waals surface area (Å²) in [5.41, 5.74) is 2.55. The Labute approximate surface area is 123 Å². The van der Waals surface area contributed by atoms with Gasteiger partial charge in [-0.25, -0.2) is 0 Å². The molecule has 1 amide bonds. The Morgan fingerprint density at radius 1 is 1.35 bits per heavy atom. The van der Waals surface area contributed by atoms with Gasteiger partial charge in [-0.3, -0.25) is 4.79 Å². The van der Waals surface area contributed by atoms with Crippen LogP contribution in [-0.4, -0.2) is 17.5 Å². The monoisotopic (exact) mass is 291 g/mol. The molecule has 0 aliphatic carbocycles. The number of anilines is 1. The van der Waals surface area contributed by atoms with Crippen molar-refractivity contribution in [2.45, 2.75) is 20.0 Å². The number of aryl methyl sites for hydroxylation is 1. The van der Waals surface area contributed by atoms with Crippen molar-refractivity contribution in [3.05, 3.63) is 52.8 Å². The molecule has 0 radical (unpaired) electrons. The van der Waals surface area contributed by atoms with E-state index in [9.17, 15) is 4.79 Å². The van der Waals surface area contributed by atoms with E-state index in [1.54, 1.807) is 19.2 Å². The van der Waals surface area contributed by atoms with E-state index in [-0.39, 0.29) is 5.91 Å². The molecule has 2 rings (SSSR count). The van der Waals surface area contributed by atoms with Crippen LogP contribution in [0.25, 0.3) is 0 Å². The molecular formula is C15H18ClN3O. The van der Waals surface area contributed by atoms with Crippen molar-refractivity contribution in [2.24, 2.45) is 0 Å². The number of nitrogens with zero attached hydrogens (tertiary/aromatic N) is 1. The summed E-state index contributed by atoms with van der Waals surface area (Å²) in [5, 5.41) is 6.34. The lowest BCUT2D eigenvalue weighted by Gasteiger charge is -2.11. The van der Waals surface area contributed by atoms with Crippen LogP contribution in [0.15, 0.2) is 36.5 Å². The number of hydrogen-bond acceptors (Lipinski definition) is 2. The van der Waals surface area contributed by atoms with Crippen LogP contribution in [0.3, 0.4) is 0 Å². The van der Waals surface area contributed by atoms with Gasteiger partial charge in [0, 0.05) is 31.2 Å². The molecule has 0 aliphatic heterocycles. The number of amides is 1. The zero-order valence-corrected chi connectivity index (χ0v) is 12.4. The molecule has 0 unspecified atom stereocenters. The van der Waals surface area contributed by atoms with E-state index in [2.05, 4.69) is 34.4 Å². The lowest BCUT2D eigenvalue weighted by Crippen LogP contribution is -2.18. The van der Waals surface area contributed by atoms with Gasteiger partial charge < -0.3 is 15.2 Å². The third kappa shape index (κ3) is 3.14. The third-order valence-corrected chi connectivity index (χ3v) is 3.51. The van der Waals surface area contributed by atoms with Gasteiger partial charge in [0.2, 0.25) is 0 Å². The zero-order valence-electron chi connectivity index (χ0n) is 11.6. The van der Waals surface area contributed by atoms with E-state index < -0.39 is 0 Å². The Bertz CT molecular complexity index is 607. The summed E-state index contributed by atoms with van der Waals surface area (Å²) in [6.45, 7) is 3.75. The molecule has 0 saturated carbocycles. The molecular weight excluding hydrogens is 274 g/mol. The van der Waals surface area contributed by atoms with Crippen LogP contribution in [0.1, 0.15) is 23.0 Å². The topological polar surface area (TPSA) is 46.1 Å². The van der Waals surface area contributed by atoms with Crippen molar-refractivity contribution in [2.75, 3.05) is 12.4 Å². The average molecular weight is 292 g/mol. The maximum absolute atomic E-state index is 11.7. The van der Waals surface area contributed by atoms with Gasteiger partial charge in [0.25, 0.3) is 5.91 Å². The quantitative estimate of drug-likeness (QED) is 0.889. The SMILES string of the molecule is CCn1cccc1CNc1ccc(Cl)c(C(=O)NC)c1. The molecule has 0 spiro atoms. The highest BCUT2D eigenvalue weighted by atomic mass is 35.5. The van der Waals surface area contributed by atoms with Crippen LogP contribution >= 0.6 is 11.6 Å². The lowest BCUT2D eigenvalue weighted by molar-refractivity contribution is 0.0963.